The second kappa shape index (κ2) is 9.59. The van der Waals surface area contributed by atoms with Gasteiger partial charge in [0.25, 0.3) is 5.91 Å². The summed E-state index contributed by atoms with van der Waals surface area (Å²) in [5.41, 5.74) is 4.12. The molecule has 0 bridgehead atoms. The van der Waals surface area contributed by atoms with Gasteiger partial charge < -0.3 is 31.5 Å². The molecule has 1 fully saturated rings. The molecule has 0 aliphatic heterocycles. The van der Waals surface area contributed by atoms with Crippen LogP contribution in [0.1, 0.15) is 48.9 Å². The SMILES string of the molecule is CCCNCc1cc(CC)c2c(c1O)C(O)=C1C(=O)[C@]3(O)C(O)=C(C(N)=O)C(=O)[C@@H](N(C)C)[C@@H]3C[C@@H]1C2. The minimum Gasteiger partial charge on any atom is -0.508 e. The Hall–Kier alpha value is -3.21. The Labute approximate surface area is 215 Å². The number of benzene rings is 1. The molecule has 10 heteroatoms. The molecule has 0 spiro atoms. The summed E-state index contributed by atoms with van der Waals surface area (Å²) < 4.78 is 0. The summed E-state index contributed by atoms with van der Waals surface area (Å²) in [5, 5.41) is 48.4. The number of nitrogens with zero attached hydrogens (tertiary/aromatic N) is 1. The number of Topliss-reactive ketones (excluding diaryl/α,β-unsaturated/α-hetero) is 2. The van der Waals surface area contributed by atoms with Gasteiger partial charge in [-0.25, -0.2) is 0 Å². The smallest absolute Gasteiger partial charge is 0.255 e. The van der Waals surface area contributed by atoms with Crippen molar-refractivity contribution in [1.82, 2.24) is 10.2 Å². The van der Waals surface area contributed by atoms with Gasteiger partial charge in [0.15, 0.2) is 11.4 Å². The van der Waals surface area contributed by atoms with E-state index in [1.165, 1.54) is 4.90 Å². The molecule has 10 nitrogen and oxygen atoms in total. The number of carbonyl (C=O) groups excluding carboxylic acids is 3. The van der Waals surface area contributed by atoms with Crippen LogP contribution in [-0.4, -0.2) is 75.1 Å². The molecule has 1 aromatic carbocycles. The lowest BCUT2D eigenvalue weighted by Crippen LogP contribution is -2.65. The number of amides is 1. The van der Waals surface area contributed by atoms with Crippen LogP contribution in [-0.2, 0) is 33.8 Å². The van der Waals surface area contributed by atoms with Gasteiger partial charge in [-0.1, -0.05) is 19.9 Å². The number of hydrogen-bond donors (Lipinski definition) is 6. The van der Waals surface area contributed by atoms with Crippen molar-refractivity contribution in [1.29, 1.82) is 0 Å². The Morgan fingerprint density at radius 1 is 1.19 bits per heavy atom. The largest absolute Gasteiger partial charge is 0.508 e. The second-order valence-corrected chi connectivity index (χ2v) is 10.4. The third-order valence-corrected chi connectivity index (χ3v) is 8.02. The zero-order valence-electron chi connectivity index (χ0n) is 21.6. The van der Waals surface area contributed by atoms with Gasteiger partial charge in [-0.3, -0.25) is 19.3 Å². The van der Waals surface area contributed by atoms with Crippen LogP contribution in [0.2, 0.25) is 0 Å². The van der Waals surface area contributed by atoms with Gasteiger partial charge in [0.1, 0.15) is 22.8 Å². The molecule has 0 heterocycles. The molecule has 4 atom stereocenters. The summed E-state index contributed by atoms with van der Waals surface area (Å²) in [5.74, 6) is -6.36. The number of nitrogens with two attached hydrogens (primary N) is 1. The van der Waals surface area contributed by atoms with Gasteiger partial charge in [-0.2, -0.15) is 0 Å². The molecule has 3 aliphatic carbocycles. The number of primary amides is 1. The zero-order chi connectivity index (χ0) is 27.4. The lowest BCUT2D eigenvalue weighted by atomic mass is 9.57. The minimum atomic E-state index is -2.63. The molecule has 0 saturated heterocycles. The number of phenols is 1. The number of likely N-dealkylation sites (N-methyl/N-ethyl adjacent to an activating group) is 1. The van der Waals surface area contributed by atoms with Crippen molar-refractivity contribution >= 4 is 23.2 Å². The van der Waals surface area contributed by atoms with Gasteiger partial charge >= 0.3 is 0 Å². The number of aromatic hydroxyl groups is 1. The number of nitrogens with one attached hydrogen (secondary N) is 1. The molecular weight excluding hydrogens is 478 g/mol. The van der Waals surface area contributed by atoms with Crippen LogP contribution < -0.4 is 11.1 Å². The normalized spacial score (nSPS) is 27.4. The molecule has 0 aromatic heterocycles. The summed E-state index contributed by atoms with van der Waals surface area (Å²) in [4.78, 5) is 40.6. The Bertz CT molecular complexity index is 1250. The van der Waals surface area contributed by atoms with Crippen LogP contribution in [0.15, 0.2) is 23.0 Å². The van der Waals surface area contributed by atoms with Gasteiger partial charge in [0.05, 0.1) is 11.6 Å². The lowest BCUT2D eigenvalue weighted by Gasteiger charge is -2.50. The Kier molecular flexibility index (Phi) is 6.96. The van der Waals surface area contributed by atoms with Gasteiger partial charge in [0.2, 0.25) is 5.78 Å². The lowest BCUT2D eigenvalue weighted by molar-refractivity contribution is -0.153. The number of aliphatic hydroxyl groups excluding tert-OH is 2. The van der Waals surface area contributed by atoms with E-state index in [1.54, 1.807) is 14.1 Å². The zero-order valence-corrected chi connectivity index (χ0v) is 21.6. The fourth-order valence-corrected chi connectivity index (χ4v) is 6.30. The van der Waals surface area contributed by atoms with Crippen molar-refractivity contribution in [2.45, 2.75) is 57.7 Å². The Morgan fingerprint density at radius 3 is 2.43 bits per heavy atom. The standard InChI is InChI=1S/C27H35N3O7/c1-5-7-29-11-14-8-12(6-2)15-9-13-10-16-20(30(3)4)23(33)19(26(28)36)25(35)27(16,37)24(34)17(13)22(32)18(15)21(14)31/h8,13,16,20,29,31-32,35,37H,5-7,9-11H2,1-4H3,(H2,28,36)/t13-,16-,20-,27-/m0/s1. The maximum atomic E-state index is 13.9. The van der Waals surface area contributed by atoms with Gasteiger partial charge in [-0.05, 0) is 63.4 Å². The molecule has 4 rings (SSSR count). The van der Waals surface area contributed by atoms with E-state index in [4.69, 9.17) is 5.73 Å². The van der Waals surface area contributed by atoms with Crippen molar-refractivity contribution in [3.8, 4) is 5.75 Å². The van der Waals surface area contributed by atoms with E-state index >= 15 is 0 Å². The summed E-state index contributed by atoms with van der Waals surface area (Å²) >= 11 is 0. The molecule has 3 aliphatic rings. The van der Waals surface area contributed by atoms with E-state index < -0.39 is 58.0 Å². The maximum Gasteiger partial charge on any atom is 0.255 e. The first-order chi connectivity index (χ1) is 17.4. The average Bonchev–Trinajstić information content (AvgIpc) is 2.82. The molecule has 0 unspecified atom stereocenters. The van der Waals surface area contributed by atoms with Crippen molar-refractivity contribution in [3.63, 3.8) is 0 Å². The number of rotatable bonds is 7. The van der Waals surface area contributed by atoms with E-state index in [9.17, 15) is 34.8 Å². The van der Waals surface area contributed by atoms with Crippen molar-refractivity contribution in [2.75, 3.05) is 20.6 Å². The highest BCUT2D eigenvalue weighted by atomic mass is 16.3. The third kappa shape index (κ3) is 3.86. The summed E-state index contributed by atoms with van der Waals surface area (Å²) in [6, 6.07) is 0.805. The number of fused-ring (bicyclic) bond motifs is 3. The first-order valence-corrected chi connectivity index (χ1v) is 12.6. The second-order valence-electron chi connectivity index (χ2n) is 10.4. The molecule has 37 heavy (non-hydrogen) atoms. The fourth-order valence-electron chi connectivity index (χ4n) is 6.30. The quantitative estimate of drug-likeness (QED) is 0.230. The van der Waals surface area contributed by atoms with Crippen LogP contribution in [0.4, 0.5) is 0 Å². The number of hydrogen-bond acceptors (Lipinski definition) is 9. The molecule has 7 N–H and O–H groups in total. The van der Waals surface area contributed by atoms with Crippen LogP contribution in [0.3, 0.4) is 0 Å². The summed E-state index contributed by atoms with van der Waals surface area (Å²) in [7, 11) is 3.16. The highest BCUT2D eigenvalue weighted by Crippen LogP contribution is 2.53. The first-order valence-electron chi connectivity index (χ1n) is 12.6. The number of carbonyl (C=O) groups is 3. The van der Waals surface area contributed by atoms with Crippen LogP contribution in [0.25, 0.3) is 5.76 Å². The number of phenolic OH excluding ortho intramolecular Hbond substituents is 1. The topological polar surface area (TPSA) is 173 Å². The predicted octanol–water partition coefficient (Wildman–Crippen LogP) is 1.03. The highest BCUT2D eigenvalue weighted by Gasteiger charge is 2.64. The average molecular weight is 514 g/mol. The molecule has 1 saturated carbocycles. The van der Waals surface area contributed by atoms with E-state index in [-0.39, 0.29) is 23.3 Å². The van der Waals surface area contributed by atoms with E-state index in [1.807, 2.05) is 19.9 Å². The molecule has 0 radical (unpaired) electrons. The van der Waals surface area contributed by atoms with Crippen LogP contribution >= 0.6 is 0 Å². The maximum absolute atomic E-state index is 13.9. The van der Waals surface area contributed by atoms with Crippen molar-refractivity contribution in [2.24, 2.45) is 17.6 Å². The summed E-state index contributed by atoms with van der Waals surface area (Å²) in [6.07, 6.45) is 1.91. The van der Waals surface area contributed by atoms with E-state index in [2.05, 4.69) is 5.32 Å². The first kappa shape index (κ1) is 26.8. The fraction of sp³-hybridized carbons (Fsp3) is 0.519. The highest BCUT2D eigenvalue weighted by molar-refractivity contribution is 6.24. The third-order valence-electron chi connectivity index (χ3n) is 8.02. The molecule has 1 aromatic rings. The minimum absolute atomic E-state index is 0.0789. The Balaban J connectivity index is 1.93. The van der Waals surface area contributed by atoms with Crippen molar-refractivity contribution < 1.29 is 34.8 Å². The van der Waals surface area contributed by atoms with Gasteiger partial charge in [0, 0.05) is 23.6 Å². The van der Waals surface area contributed by atoms with E-state index in [0.717, 1.165) is 18.5 Å². The number of aliphatic hydroxyl groups is 3. The van der Waals surface area contributed by atoms with E-state index in [0.29, 0.717) is 30.5 Å². The van der Waals surface area contributed by atoms with Gasteiger partial charge in [-0.15, -0.1) is 0 Å². The van der Waals surface area contributed by atoms with Crippen LogP contribution in [0, 0.1) is 11.8 Å². The Morgan fingerprint density at radius 2 is 1.86 bits per heavy atom. The monoisotopic (exact) mass is 513 g/mol. The number of aryl methyl sites for hydroxylation is 1. The van der Waals surface area contributed by atoms with Crippen molar-refractivity contribution in [3.05, 3.63) is 45.2 Å². The molecule has 1 amide bonds. The summed E-state index contributed by atoms with van der Waals surface area (Å²) in [6.45, 7) is 5.09. The predicted molar refractivity (Wildman–Crippen MR) is 136 cm³/mol. The molecular formula is C27H35N3O7. The number of ketones is 2. The molecule has 200 valence electrons. The van der Waals surface area contributed by atoms with Crippen LogP contribution in [0.5, 0.6) is 5.75 Å².